The van der Waals surface area contributed by atoms with Crippen LogP contribution in [0.5, 0.6) is 0 Å². The maximum Gasteiger partial charge on any atom is 0.327 e. The predicted molar refractivity (Wildman–Crippen MR) is 53.2 cm³/mol. The van der Waals surface area contributed by atoms with Crippen molar-refractivity contribution in [3.05, 3.63) is 34.1 Å². The second-order valence-corrected chi connectivity index (χ2v) is 2.90. The lowest BCUT2D eigenvalue weighted by atomic mass is 10.2. The summed E-state index contributed by atoms with van der Waals surface area (Å²) in [5, 5.41) is 21.8. The monoisotopic (exact) mass is 214 g/mol. The van der Waals surface area contributed by atoms with Gasteiger partial charge in [-0.2, -0.15) is 4.39 Å². The van der Waals surface area contributed by atoms with E-state index < -0.39 is 16.4 Å². The molecule has 1 aromatic rings. The number of aliphatic hydroxyl groups is 1. The van der Waals surface area contributed by atoms with Gasteiger partial charge in [-0.05, 0) is 18.6 Å². The van der Waals surface area contributed by atoms with E-state index >= 15 is 0 Å². The second kappa shape index (κ2) is 5.26. The Morgan fingerprint density at radius 2 is 2.27 bits per heavy atom. The van der Waals surface area contributed by atoms with Crippen LogP contribution >= 0.6 is 0 Å². The topological polar surface area (TPSA) is 75.4 Å². The smallest absolute Gasteiger partial charge is 0.327 e. The molecule has 0 spiro atoms. The summed E-state index contributed by atoms with van der Waals surface area (Å²) in [4.78, 5) is 9.78. The van der Waals surface area contributed by atoms with Crippen molar-refractivity contribution < 1.29 is 14.4 Å². The molecule has 0 amide bonds. The molecule has 0 aliphatic carbocycles. The summed E-state index contributed by atoms with van der Waals surface area (Å²) in [6.45, 7) is 0.344. The zero-order valence-corrected chi connectivity index (χ0v) is 7.94. The van der Waals surface area contributed by atoms with Crippen LogP contribution in [0.25, 0.3) is 0 Å². The van der Waals surface area contributed by atoms with Crippen molar-refractivity contribution in [3.8, 4) is 0 Å². The minimum Gasteiger partial charge on any atom is -0.396 e. The highest BCUT2D eigenvalue weighted by molar-refractivity contribution is 5.61. The van der Waals surface area contributed by atoms with Crippen molar-refractivity contribution in [2.45, 2.75) is 6.42 Å². The largest absolute Gasteiger partial charge is 0.396 e. The van der Waals surface area contributed by atoms with E-state index in [-0.39, 0.29) is 12.3 Å². The molecule has 5 nitrogen and oxygen atoms in total. The van der Waals surface area contributed by atoms with E-state index in [1.165, 1.54) is 12.1 Å². The summed E-state index contributed by atoms with van der Waals surface area (Å²) < 4.78 is 13.1. The standard InChI is InChI=1S/C9H11FN2O3/c10-7-3-1-4-8(9(7)12(14)15)11-5-2-6-13/h1,3-4,11,13H,2,5-6H2. The number of nitrogens with zero attached hydrogens (tertiary/aromatic N) is 1. The van der Waals surface area contributed by atoms with Gasteiger partial charge < -0.3 is 10.4 Å². The van der Waals surface area contributed by atoms with Crippen molar-refractivity contribution in [3.63, 3.8) is 0 Å². The molecule has 2 N–H and O–H groups in total. The molecule has 0 aliphatic heterocycles. The highest BCUT2D eigenvalue weighted by Crippen LogP contribution is 2.26. The molecule has 0 aliphatic rings. The molecule has 1 aromatic carbocycles. The highest BCUT2D eigenvalue weighted by atomic mass is 19.1. The van der Waals surface area contributed by atoms with Gasteiger partial charge in [0.25, 0.3) is 0 Å². The number of rotatable bonds is 5. The molecule has 6 heteroatoms. The third-order valence-corrected chi connectivity index (χ3v) is 1.82. The van der Waals surface area contributed by atoms with Crippen LogP contribution in [0.4, 0.5) is 15.8 Å². The summed E-state index contributed by atoms with van der Waals surface area (Å²) in [5.74, 6) is -0.867. The van der Waals surface area contributed by atoms with Crippen LogP contribution in [-0.2, 0) is 0 Å². The van der Waals surface area contributed by atoms with Gasteiger partial charge in [0, 0.05) is 13.2 Å². The first-order chi connectivity index (χ1) is 7.16. The second-order valence-electron chi connectivity index (χ2n) is 2.90. The first kappa shape index (κ1) is 11.4. The van der Waals surface area contributed by atoms with E-state index in [1.54, 1.807) is 0 Å². The lowest BCUT2D eigenvalue weighted by Crippen LogP contribution is -2.06. The predicted octanol–water partition coefficient (Wildman–Crippen LogP) is 1.53. The van der Waals surface area contributed by atoms with Crippen molar-refractivity contribution >= 4 is 11.4 Å². The fourth-order valence-corrected chi connectivity index (χ4v) is 1.15. The molecule has 0 unspecified atom stereocenters. The van der Waals surface area contributed by atoms with E-state index in [4.69, 9.17) is 5.11 Å². The van der Waals surface area contributed by atoms with Gasteiger partial charge >= 0.3 is 5.69 Å². The molecular formula is C9H11FN2O3. The first-order valence-electron chi connectivity index (χ1n) is 4.44. The first-order valence-corrected chi connectivity index (χ1v) is 4.44. The summed E-state index contributed by atoms with van der Waals surface area (Å²) in [7, 11) is 0. The maximum atomic E-state index is 13.1. The number of halogens is 1. The molecule has 15 heavy (non-hydrogen) atoms. The minimum absolute atomic E-state index is 0.0177. The van der Waals surface area contributed by atoms with E-state index in [1.807, 2.05) is 0 Å². The van der Waals surface area contributed by atoms with Crippen molar-refractivity contribution in [1.82, 2.24) is 0 Å². The highest BCUT2D eigenvalue weighted by Gasteiger charge is 2.18. The molecule has 0 heterocycles. The number of nitro benzene ring substituents is 1. The minimum atomic E-state index is -0.867. The van der Waals surface area contributed by atoms with Crippen LogP contribution in [0, 0.1) is 15.9 Å². The number of nitrogens with one attached hydrogen (secondary N) is 1. The van der Waals surface area contributed by atoms with Crippen LogP contribution in [-0.4, -0.2) is 23.2 Å². The summed E-state index contributed by atoms with van der Waals surface area (Å²) in [6.07, 6.45) is 0.452. The lowest BCUT2D eigenvalue weighted by Gasteiger charge is -2.05. The van der Waals surface area contributed by atoms with Crippen molar-refractivity contribution in [2.24, 2.45) is 0 Å². The number of hydrogen-bond acceptors (Lipinski definition) is 4. The number of anilines is 1. The van der Waals surface area contributed by atoms with Gasteiger partial charge in [0.2, 0.25) is 5.82 Å². The van der Waals surface area contributed by atoms with Crippen molar-refractivity contribution in [1.29, 1.82) is 0 Å². The van der Waals surface area contributed by atoms with Crippen LogP contribution in [0.3, 0.4) is 0 Å². The fourth-order valence-electron chi connectivity index (χ4n) is 1.15. The van der Waals surface area contributed by atoms with Crippen LogP contribution in [0.15, 0.2) is 18.2 Å². The van der Waals surface area contributed by atoms with E-state index in [9.17, 15) is 14.5 Å². The van der Waals surface area contributed by atoms with Crippen molar-refractivity contribution in [2.75, 3.05) is 18.5 Å². The maximum absolute atomic E-state index is 13.1. The number of nitro groups is 1. The fraction of sp³-hybridized carbons (Fsp3) is 0.333. The van der Waals surface area contributed by atoms with Gasteiger partial charge in [-0.3, -0.25) is 10.1 Å². The van der Waals surface area contributed by atoms with Gasteiger partial charge in [-0.1, -0.05) is 6.07 Å². The zero-order valence-electron chi connectivity index (χ0n) is 7.94. The molecule has 0 atom stereocenters. The Morgan fingerprint density at radius 3 is 2.87 bits per heavy atom. The van der Waals surface area contributed by atoms with Gasteiger partial charge in [-0.15, -0.1) is 0 Å². The molecule has 0 aromatic heterocycles. The Hall–Kier alpha value is -1.69. The third-order valence-electron chi connectivity index (χ3n) is 1.82. The van der Waals surface area contributed by atoms with E-state index in [2.05, 4.69) is 5.32 Å². The van der Waals surface area contributed by atoms with Gasteiger partial charge in [-0.25, -0.2) is 0 Å². The normalized spacial score (nSPS) is 10.0. The summed E-state index contributed by atoms with van der Waals surface area (Å²) in [5.41, 5.74) is -0.427. The van der Waals surface area contributed by atoms with E-state index in [0.29, 0.717) is 13.0 Å². The molecular weight excluding hydrogens is 203 g/mol. The van der Waals surface area contributed by atoms with Crippen LogP contribution in [0.1, 0.15) is 6.42 Å². The van der Waals surface area contributed by atoms with Crippen LogP contribution < -0.4 is 5.32 Å². The molecule has 0 fully saturated rings. The van der Waals surface area contributed by atoms with Gasteiger partial charge in [0.05, 0.1) is 4.92 Å². The zero-order chi connectivity index (χ0) is 11.3. The number of para-hydroxylation sites is 1. The average Bonchev–Trinajstić information content (AvgIpc) is 2.17. The molecule has 0 saturated heterocycles. The lowest BCUT2D eigenvalue weighted by molar-refractivity contribution is -0.386. The Labute approximate surface area is 85.7 Å². The van der Waals surface area contributed by atoms with Gasteiger partial charge in [0.15, 0.2) is 0 Å². The van der Waals surface area contributed by atoms with Gasteiger partial charge in [0.1, 0.15) is 5.69 Å². The summed E-state index contributed by atoms with van der Waals surface area (Å²) >= 11 is 0. The number of benzene rings is 1. The molecule has 0 saturated carbocycles. The number of hydrogen-bond donors (Lipinski definition) is 2. The Balaban J connectivity index is 2.86. The Morgan fingerprint density at radius 1 is 1.53 bits per heavy atom. The Bertz CT molecular complexity index is 357. The third kappa shape index (κ3) is 2.88. The Kier molecular flexibility index (Phi) is 3.99. The van der Waals surface area contributed by atoms with Crippen LogP contribution in [0.2, 0.25) is 0 Å². The summed E-state index contributed by atoms with van der Waals surface area (Å²) in [6, 6.07) is 3.86. The van der Waals surface area contributed by atoms with E-state index in [0.717, 1.165) is 6.07 Å². The quantitative estimate of drug-likeness (QED) is 0.442. The molecule has 0 bridgehead atoms. The SMILES string of the molecule is O=[N+]([O-])c1c(F)cccc1NCCCO. The molecule has 82 valence electrons. The number of aliphatic hydroxyl groups excluding tert-OH is 1. The average molecular weight is 214 g/mol. The molecule has 1 rings (SSSR count). The molecule has 0 radical (unpaired) electrons.